The average Bonchev–Trinajstić information content (AvgIpc) is 3.19. The lowest BCUT2D eigenvalue weighted by molar-refractivity contribution is -0.0190. The van der Waals surface area contributed by atoms with Gasteiger partial charge in [-0.3, -0.25) is 0 Å². The first-order valence-corrected chi connectivity index (χ1v) is 10.5. The van der Waals surface area contributed by atoms with Crippen LogP contribution in [0.25, 0.3) is 0 Å². The minimum Gasteiger partial charge on any atom is -0.497 e. The Kier molecular flexibility index (Phi) is 4.72. The number of ether oxygens (including phenoxy) is 2. The van der Waals surface area contributed by atoms with Crippen LogP contribution in [0.15, 0.2) is 76.3 Å². The molecule has 0 amide bonds. The number of halogens is 2. The molecular formula is C23H18BrClN2O2. The lowest BCUT2D eigenvalue weighted by Gasteiger charge is -2.38. The second kappa shape index (κ2) is 7.39. The van der Waals surface area contributed by atoms with Crippen molar-refractivity contribution in [2.24, 2.45) is 5.10 Å². The molecule has 0 aliphatic carbocycles. The number of fused-ring (bicyclic) bond motifs is 3. The molecule has 0 saturated heterocycles. The van der Waals surface area contributed by atoms with Gasteiger partial charge in [-0.25, -0.2) is 5.01 Å². The molecule has 2 atom stereocenters. The summed E-state index contributed by atoms with van der Waals surface area (Å²) in [5.41, 5.74) is 4.23. The molecule has 0 aromatic heterocycles. The second-order valence-electron chi connectivity index (χ2n) is 7.08. The highest BCUT2D eigenvalue weighted by Crippen LogP contribution is 2.48. The van der Waals surface area contributed by atoms with Crippen LogP contribution in [0.1, 0.15) is 35.4 Å². The van der Waals surface area contributed by atoms with Crippen LogP contribution < -0.4 is 9.47 Å². The van der Waals surface area contributed by atoms with Crippen molar-refractivity contribution in [3.8, 4) is 11.5 Å². The van der Waals surface area contributed by atoms with E-state index in [9.17, 15) is 0 Å². The fourth-order valence-corrected chi connectivity index (χ4v) is 4.47. The number of hydrogen-bond donors (Lipinski definition) is 0. The van der Waals surface area contributed by atoms with Crippen molar-refractivity contribution in [3.05, 3.63) is 92.9 Å². The zero-order valence-corrected chi connectivity index (χ0v) is 18.0. The Hall–Kier alpha value is -2.50. The highest BCUT2D eigenvalue weighted by atomic mass is 79.9. The third-order valence-corrected chi connectivity index (χ3v) is 6.04. The lowest BCUT2D eigenvalue weighted by Crippen LogP contribution is -2.33. The van der Waals surface area contributed by atoms with Crippen LogP contribution in [0.3, 0.4) is 0 Å². The highest BCUT2D eigenvalue weighted by Gasteiger charge is 2.41. The third-order valence-electron chi connectivity index (χ3n) is 5.31. The van der Waals surface area contributed by atoms with E-state index in [0.29, 0.717) is 5.02 Å². The monoisotopic (exact) mass is 468 g/mol. The van der Waals surface area contributed by atoms with Crippen LogP contribution in [-0.2, 0) is 0 Å². The minimum atomic E-state index is -0.330. The molecule has 2 aliphatic rings. The van der Waals surface area contributed by atoms with Gasteiger partial charge in [0.15, 0.2) is 0 Å². The normalized spacial score (nSPS) is 19.8. The molecule has 2 aliphatic heterocycles. The SMILES string of the molecule is COc1ccc(C2=NN3[C@@H](C2)c2cc(Br)ccc2O[C@H]3c2cccc(Cl)c2)cc1. The summed E-state index contributed by atoms with van der Waals surface area (Å²) in [7, 11) is 1.67. The van der Waals surface area contributed by atoms with Gasteiger partial charge in [-0.15, -0.1) is 0 Å². The maximum atomic E-state index is 6.38. The molecule has 0 fully saturated rings. The lowest BCUT2D eigenvalue weighted by atomic mass is 9.96. The molecule has 146 valence electrons. The molecule has 5 rings (SSSR count). The molecule has 29 heavy (non-hydrogen) atoms. The first-order valence-electron chi connectivity index (χ1n) is 9.34. The average molecular weight is 470 g/mol. The van der Waals surface area contributed by atoms with Gasteiger partial charge in [-0.2, -0.15) is 5.10 Å². The fourth-order valence-electron chi connectivity index (χ4n) is 3.90. The Bertz CT molecular complexity index is 1100. The summed E-state index contributed by atoms with van der Waals surface area (Å²) in [5, 5.41) is 7.72. The Morgan fingerprint density at radius 3 is 2.69 bits per heavy atom. The second-order valence-corrected chi connectivity index (χ2v) is 8.43. The third kappa shape index (κ3) is 3.38. The minimum absolute atomic E-state index is 0.0948. The van der Waals surface area contributed by atoms with Gasteiger partial charge in [-0.05, 0) is 60.2 Å². The number of nitrogens with zero attached hydrogens (tertiary/aromatic N) is 2. The van der Waals surface area contributed by atoms with Crippen LogP contribution in [0.5, 0.6) is 11.5 Å². The van der Waals surface area contributed by atoms with Gasteiger partial charge in [0.25, 0.3) is 0 Å². The molecule has 0 radical (unpaired) electrons. The van der Waals surface area contributed by atoms with Gasteiger partial charge in [-0.1, -0.05) is 39.7 Å². The molecule has 0 N–H and O–H groups in total. The van der Waals surface area contributed by atoms with Crippen molar-refractivity contribution in [2.45, 2.75) is 18.7 Å². The first kappa shape index (κ1) is 18.5. The van der Waals surface area contributed by atoms with E-state index in [1.54, 1.807) is 7.11 Å². The fraction of sp³-hybridized carbons (Fsp3) is 0.174. The maximum absolute atomic E-state index is 6.38. The van der Waals surface area contributed by atoms with Gasteiger partial charge in [0.05, 0.1) is 18.9 Å². The van der Waals surface area contributed by atoms with E-state index in [1.165, 1.54) is 0 Å². The van der Waals surface area contributed by atoms with Crippen molar-refractivity contribution in [1.29, 1.82) is 0 Å². The molecule has 4 nitrogen and oxygen atoms in total. The van der Waals surface area contributed by atoms with Gasteiger partial charge in [0.1, 0.15) is 11.5 Å². The van der Waals surface area contributed by atoms with Gasteiger partial charge >= 0.3 is 0 Å². The number of rotatable bonds is 3. The van der Waals surface area contributed by atoms with Crippen molar-refractivity contribution in [2.75, 3.05) is 7.11 Å². The largest absolute Gasteiger partial charge is 0.497 e. The Morgan fingerprint density at radius 2 is 1.93 bits per heavy atom. The summed E-state index contributed by atoms with van der Waals surface area (Å²) in [5.74, 6) is 1.71. The molecule has 3 aromatic carbocycles. The van der Waals surface area contributed by atoms with E-state index in [0.717, 1.165) is 44.8 Å². The topological polar surface area (TPSA) is 34.1 Å². The van der Waals surface area contributed by atoms with Crippen molar-refractivity contribution >= 4 is 33.2 Å². The zero-order chi connectivity index (χ0) is 20.0. The van der Waals surface area contributed by atoms with Crippen molar-refractivity contribution in [1.82, 2.24) is 5.01 Å². The smallest absolute Gasteiger partial charge is 0.213 e. The van der Waals surface area contributed by atoms with Crippen LogP contribution in [0.2, 0.25) is 5.02 Å². The van der Waals surface area contributed by atoms with E-state index in [1.807, 2.05) is 60.7 Å². The van der Waals surface area contributed by atoms with Gasteiger partial charge in [0.2, 0.25) is 6.23 Å². The number of hydrazone groups is 1. The number of methoxy groups -OCH3 is 1. The maximum Gasteiger partial charge on any atom is 0.213 e. The molecule has 0 bridgehead atoms. The van der Waals surface area contributed by atoms with Crippen molar-refractivity contribution < 1.29 is 9.47 Å². The molecule has 3 aromatic rings. The van der Waals surface area contributed by atoms with Crippen LogP contribution in [0.4, 0.5) is 0 Å². The summed E-state index contributed by atoms with van der Waals surface area (Å²) < 4.78 is 12.7. The van der Waals surface area contributed by atoms with E-state index < -0.39 is 0 Å². The Morgan fingerprint density at radius 1 is 1.10 bits per heavy atom. The molecule has 6 heteroatoms. The molecular weight excluding hydrogens is 452 g/mol. The predicted octanol–water partition coefficient (Wildman–Crippen LogP) is 6.35. The number of hydrogen-bond acceptors (Lipinski definition) is 4. The van der Waals surface area contributed by atoms with Crippen LogP contribution >= 0.6 is 27.5 Å². The number of benzene rings is 3. The molecule has 0 unspecified atom stereocenters. The Balaban J connectivity index is 1.58. The van der Waals surface area contributed by atoms with E-state index in [4.69, 9.17) is 26.2 Å². The Labute approximate surface area is 182 Å². The standard InChI is InChI=1S/C23H18BrClN2O2/c1-28-18-8-5-14(6-9-18)20-13-21-19-12-16(24)7-10-22(19)29-23(27(21)26-20)15-3-2-4-17(25)11-15/h2-12,21,23H,13H2,1H3/t21-,23-/m0/s1. The quantitative estimate of drug-likeness (QED) is 0.448. The summed E-state index contributed by atoms with van der Waals surface area (Å²) in [6.07, 6.45) is 0.471. The van der Waals surface area contributed by atoms with E-state index >= 15 is 0 Å². The highest BCUT2D eigenvalue weighted by molar-refractivity contribution is 9.10. The molecule has 0 spiro atoms. The summed E-state index contributed by atoms with van der Waals surface area (Å²) in [6.45, 7) is 0. The summed E-state index contributed by atoms with van der Waals surface area (Å²) >= 11 is 9.84. The molecule has 2 heterocycles. The van der Waals surface area contributed by atoms with Crippen molar-refractivity contribution in [3.63, 3.8) is 0 Å². The summed E-state index contributed by atoms with van der Waals surface area (Å²) in [6, 6.07) is 22.0. The predicted molar refractivity (Wildman–Crippen MR) is 118 cm³/mol. The van der Waals surface area contributed by atoms with Crippen LogP contribution in [0, 0.1) is 0 Å². The first-order chi connectivity index (χ1) is 14.1. The van der Waals surface area contributed by atoms with Gasteiger partial charge < -0.3 is 9.47 Å². The van der Waals surface area contributed by atoms with Crippen LogP contribution in [-0.4, -0.2) is 17.8 Å². The van der Waals surface area contributed by atoms with E-state index in [2.05, 4.69) is 27.0 Å². The molecule has 0 saturated carbocycles. The zero-order valence-electron chi connectivity index (χ0n) is 15.7. The summed E-state index contributed by atoms with van der Waals surface area (Å²) in [4.78, 5) is 0. The van der Waals surface area contributed by atoms with E-state index in [-0.39, 0.29) is 12.3 Å². The van der Waals surface area contributed by atoms with Gasteiger partial charge in [0, 0.05) is 27.0 Å².